The molecule has 0 bridgehead atoms. The summed E-state index contributed by atoms with van der Waals surface area (Å²) in [6.07, 6.45) is 4.75. The molecular weight excluding hydrogens is 312 g/mol. The van der Waals surface area contributed by atoms with E-state index in [0.717, 1.165) is 50.3 Å². The first-order valence-corrected chi connectivity index (χ1v) is 9.16. The number of carbonyl (C=O) groups is 1. The second-order valence-corrected chi connectivity index (χ2v) is 6.99. The number of aryl methyl sites for hydroxylation is 2. The van der Waals surface area contributed by atoms with E-state index in [4.69, 9.17) is 0 Å². The van der Waals surface area contributed by atoms with E-state index in [0.29, 0.717) is 0 Å². The molecule has 1 heterocycles. The lowest BCUT2D eigenvalue weighted by Crippen LogP contribution is -2.48. The molecule has 0 aromatic heterocycles. The highest BCUT2D eigenvalue weighted by Gasteiger charge is 2.23. The fourth-order valence-corrected chi connectivity index (χ4v) is 3.88. The van der Waals surface area contributed by atoms with Crippen LogP contribution < -0.4 is 4.90 Å². The van der Waals surface area contributed by atoms with E-state index >= 15 is 0 Å². The summed E-state index contributed by atoms with van der Waals surface area (Å²) >= 11 is 0. The lowest BCUT2D eigenvalue weighted by molar-refractivity contribution is 0.0746. The summed E-state index contributed by atoms with van der Waals surface area (Å²) < 4.78 is 0. The van der Waals surface area contributed by atoms with Crippen LogP contribution >= 0.6 is 0 Å². The average molecular weight is 336 g/mol. The highest BCUT2D eigenvalue weighted by atomic mass is 16.3. The van der Waals surface area contributed by atoms with Gasteiger partial charge in [0.25, 0.3) is 5.91 Å². The molecule has 0 spiro atoms. The molecule has 4 rings (SSSR count). The van der Waals surface area contributed by atoms with Crippen LogP contribution in [0, 0.1) is 0 Å². The van der Waals surface area contributed by atoms with Gasteiger partial charge in [0, 0.05) is 37.4 Å². The third-order valence-electron chi connectivity index (χ3n) is 5.38. The van der Waals surface area contributed by atoms with Gasteiger partial charge in [-0.3, -0.25) is 4.79 Å². The first-order chi connectivity index (χ1) is 12.2. The Labute approximate surface area is 148 Å². The average Bonchev–Trinajstić information content (AvgIpc) is 2.68. The molecule has 4 nitrogen and oxygen atoms in total. The molecule has 1 saturated heterocycles. The predicted octanol–water partition coefficient (Wildman–Crippen LogP) is 3.23. The van der Waals surface area contributed by atoms with Crippen molar-refractivity contribution >= 4 is 11.6 Å². The van der Waals surface area contributed by atoms with Gasteiger partial charge in [-0.25, -0.2) is 0 Å². The minimum atomic E-state index is 0.152. The Morgan fingerprint density at radius 2 is 1.52 bits per heavy atom. The summed E-state index contributed by atoms with van der Waals surface area (Å²) in [5.74, 6) is 0.434. The maximum Gasteiger partial charge on any atom is 0.253 e. The Hall–Kier alpha value is -2.49. The van der Waals surface area contributed by atoms with Crippen molar-refractivity contribution in [2.24, 2.45) is 0 Å². The van der Waals surface area contributed by atoms with Crippen LogP contribution in [0.15, 0.2) is 42.5 Å². The number of amides is 1. The van der Waals surface area contributed by atoms with E-state index in [1.54, 1.807) is 12.1 Å². The van der Waals surface area contributed by atoms with Crippen molar-refractivity contribution in [1.29, 1.82) is 0 Å². The molecule has 2 aromatic rings. The van der Waals surface area contributed by atoms with Crippen molar-refractivity contribution in [2.75, 3.05) is 31.1 Å². The number of hydrogen-bond donors (Lipinski definition) is 1. The third-order valence-corrected chi connectivity index (χ3v) is 5.38. The molecular formula is C21H24N2O2. The van der Waals surface area contributed by atoms with E-state index < -0.39 is 0 Å². The molecule has 2 aromatic carbocycles. The number of aromatic hydroxyl groups is 1. The van der Waals surface area contributed by atoms with Gasteiger partial charge in [-0.2, -0.15) is 0 Å². The van der Waals surface area contributed by atoms with Crippen molar-refractivity contribution in [3.8, 4) is 5.75 Å². The second-order valence-electron chi connectivity index (χ2n) is 6.99. The summed E-state index contributed by atoms with van der Waals surface area (Å²) in [6.45, 7) is 3.11. The van der Waals surface area contributed by atoms with Crippen molar-refractivity contribution < 1.29 is 9.90 Å². The Bertz CT molecular complexity index is 762. The molecule has 0 radical (unpaired) electrons. The number of phenols is 1. The number of nitrogens with zero attached hydrogens (tertiary/aromatic N) is 2. The Balaban J connectivity index is 1.42. The van der Waals surface area contributed by atoms with Crippen LogP contribution in [-0.2, 0) is 12.8 Å². The number of hydrogen-bond acceptors (Lipinski definition) is 3. The zero-order valence-corrected chi connectivity index (χ0v) is 14.4. The van der Waals surface area contributed by atoms with Gasteiger partial charge in [-0.05, 0) is 73.2 Å². The maximum atomic E-state index is 12.8. The van der Waals surface area contributed by atoms with Crippen molar-refractivity contribution in [1.82, 2.24) is 4.90 Å². The van der Waals surface area contributed by atoms with Crippen LogP contribution in [0.3, 0.4) is 0 Å². The molecule has 0 saturated carbocycles. The Kier molecular flexibility index (Phi) is 4.35. The van der Waals surface area contributed by atoms with Gasteiger partial charge in [0.15, 0.2) is 0 Å². The highest BCUT2D eigenvalue weighted by molar-refractivity contribution is 5.94. The minimum Gasteiger partial charge on any atom is -0.508 e. The normalized spacial score (nSPS) is 17.3. The molecule has 1 amide bonds. The quantitative estimate of drug-likeness (QED) is 0.916. The summed E-state index contributed by atoms with van der Waals surface area (Å²) in [4.78, 5) is 17.1. The molecule has 0 atom stereocenters. The molecule has 0 unspecified atom stereocenters. The van der Waals surface area contributed by atoms with E-state index in [-0.39, 0.29) is 11.7 Å². The van der Waals surface area contributed by atoms with Gasteiger partial charge in [0.2, 0.25) is 0 Å². The first kappa shape index (κ1) is 16.0. The maximum absolute atomic E-state index is 12.8. The van der Waals surface area contributed by atoms with Crippen LogP contribution in [0.1, 0.15) is 34.3 Å². The van der Waals surface area contributed by atoms with Crippen LogP contribution in [0.25, 0.3) is 0 Å². The highest BCUT2D eigenvalue weighted by Crippen LogP contribution is 2.24. The number of anilines is 1. The van der Waals surface area contributed by atoms with Gasteiger partial charge < -0.3 is 14.9 Å². The number of piperazine rings is 1. The number of rotatable bonds is 2. The number of fused-ring (bicyclic) bond motifs is 1. The monoisotopic (exact) mass is 336 g/mol. The summed E-state index contributed by atoms with van der Waals surface area (Å²) in [6, 6.07) is 13.5. The molecule has 2 aliphatic rings. The largest absolute Gasteiger partial charge is 0.508 e. The molecule has 1 N–H and O–H groups in total. The van der Waals surface area contributed by atoms with E-state index in [1.165, 1.54) is 24.0 Å². The Morgan fingerprint density at radius 1 is 0.840 bits per heavy atom. The van der Waals surface area contributed by atoms with E-state index in [1.807, 2.05) is 23.1 Å². The van der Waals surface area contributed by atoms with Gasteiger partial charge in [0.1, 0.15) is 5.75 Å². The van der Waals surface area contributed by atoms with Crippen molar-refractivity contribution in [3.63, 3.8) is 0 Å². The number of benzene rings is 2. The summed E-state index contributed by atoms with van der Waals surface area (Å²) in [5, 5.41) is 9.41. The van der Waals surface area contributed by atoms with Crippen LogP contribution in [0.2, 0.25) is 0 Å². The third kappa shape index (κ3) is 3.34. The van der Waals surface area contributed by atoms with Crippen LogP contribution in [0.5, 0.6) is 5.75 Å². The standard InChI is InChI=1S/C21H24N2O2/c24-20-9-7-19(8-10-20)22-11-13-23(14-12-22)21(25)18-6-5-16-3-1-2-4-17(16)15-18/h5-10,15,24H,1-4,11-14H2. The predicted molar refractivity (Wildman–Crippen MR) is 99.3 cm³/mol. The molecule has 25 heavy (non-hydrogen) atoms. The second kappa shape index (κ2) is 6.79. The molecule has 1 fully saturated rings. The number of carbonyl (C=O) groups excluding carboxylic acids is 1. The lowest BCUT2D eigenvalue weighted by Gasteiger charge is -2.36. The van der Waals surface area contributed by atoms with Gasteiger partial charge >= 0.3 is 0 Å². The zero-order chi connectivity index (χ0) is 17.2. The van der Waals surface area contributed by atoms with Crippen molar-refractivity contribution in [3.05, 3.63) is 59.2 Å². The minimum absolute atomic E-state index is 0.152. The van der Waals surface area contributed by atoms with E-state index in [9.17, 15) is 9.90 Å². The van der Waals surface area contributed by atoms with Crippen LogP contribution in [0.4, 0.5) is 5.69 Å². The SMILES string of the molecule is O=C(c1ccc2c(c1)CCCC2)N1CCN(c2ccc(O)cc2)CC1. The summed E-state index contributed by atoms with van der Waals surface area (Å²) in [7, 11) is 0. The van der Waals surface area contributed by atoms with Gasteiger partial charge in [-0.1, -0.05) is 6.07 Å². The smallest absolute Gasteiger partial charge is 0.253 e. The molecule has 1 aliphatic heterocycles. The summed E-state index contributed by atoms with van der Waals surface area (Å²) in [5.41, 5.74) is 4.71. The number of phenolic OH excluding ortho intramolecular Hbond substituents is 1. The van der Waals surface area contributed by atoms with Gasteiger partial charge in [-0.15, -0.1) is 0 Å². The van der Waals surface area contributed by atoms with Gasteiger partial charge in [0.05, 0.1) is 0 Å². The zero-order valence-electron chi connectivity index (χ0n) is 14.4. The fourth-order valence-electron chi connectivity index (χ4n) is 3.88. The Morgan fingerprint density at radius 3 is 2.24 bits per heavy atom. The lowest BCUT2D eigenvalue weighted by atomic mass is 9.90. The molecule has 1 aliphatic carbocycles. The molecule has 130 valence electrons. The first-order valence-electron chi connectivity index (χ1n) is 9.16. The van der Waals surface area contributed by atoms with Crippen molar-refractivity contribution in [2.45, 2.75) is 25.7 Å². The van der Waals surface area contributed by atoms with E-state index in [2.05, 4.69) is 17.0 Å². The van der Waals surface area contributed by atoms with Crippen LogP contribution in [-0.4, -0.2) is 42.1 Å². The molecule has 4 heteroatoms. The fraction of sp³-hybridized carbons (Fsp3) is 0.381. The topological polar surface area (TPSA) is 43.8 Å².